The lowest BCUT2D eigenvalue weighted by atomic mass is 9.97. The van der Waals surface area contributed by atoms with Crippen LogP contribution in [0.15, 0.2) is 60.9 Å². The summed E-state index contributed by atoms with van der Waals surface area (Å²) in [7, 11) is 0. The molecular weight excluding hydrogens is 571 g/mol. The van der Waals surface area contributed by atoms with Crippen LogP contribution in [0.25, 0.3) is 10.9 Å². The third-order valence-corrected chi connectivity index (χ3v) is 7.54. The van der Waals surface area contributed by atoms with Crippen molar-refractivity contribution in [3.63, 3.8) is 0 Å². The summed E-state index contributed by atoms with van der Waals surface area (Å²) < 4.78 is 74.6. The van der Waals surface area contributed by atoms with Crippen LogP contribution in [-0.4, -0.2) is 57.9 Å². The molecule has 3 N–H and O–H groups in total. The number of carbonyl (C=O) groups excluding carboxylic acids is 1. The van der Waals surface area contributed by atoms with Crippen LogP contribution < -0.4 is 15.4 Å². The fourth-order valence-electron chi connectivity index (χ4n) is 5.01. The molecule has 0 spiro atoms. The SMILES string of the molecule is CC(C)N1CCC(COc2cc(NC(=O)c3cccnc3Nc3ccc4cn[nH]c4c3)ccc2C(F)(F)C(F)(F)F)CC1. The van der Waals surface area contributed by atoms with Gasteiger partial charge in [-0.1, -0.05) is 0 Å². The molecule has 228 valence electrons. The number of aromatic amines is 1. The lowest BCUT2D eigenvalue weighted by molar-refractivity contribution is -0.289. The number of hydrogen-bond acceptors (Lipinski definition) is 6. The van der Waals surface area contributed by atoms with E-state index in [0.29, 0.717) is 17.8 Å². The van der Waals surface area contributed by atoms with Gasteiger partial charge in [0, 0.05) is 35.1 Å². The summed E-state index contributed by atoms with van der Waals surface area (Å²) in [6.45, 7) is 5.69. The van der Waals surface area contributed by atoms with Gasteiger partial charge in [-0.15, -0.1) is 0 Å². The van der Waals surface area contributed by atoms with E-state index in [1.54, 1.807) is 24.4 Å². The Morgan fingerprint density at radius 2 is 1.81 bits per heavy atom. The number of pyridine rings is 1. The summed E-state index contributed by atoms with van der Waals surface area (Å²) in [5.41, 5.74) is 0.190. The van der Waals surface area contributed by atoms with Gasteiger partial charge in [0.15, 0.2) is 0 Å². The summed E-state index contributed by atoms with van der Waals surface area (Å²) in [5.74, 6) is -6.24. The maximum absolute atomic E-state index is 14.5. The molecule has 1 fully saturated rings. The Morgan fingerprint density at radius 1 is 1.07 bits per heavy atom. The summed E-state index contributed by atoms with van der Waals surface area (Å²) in [6.07, 6.45) is -1.22. The predicted molar refractivity (Wildman–Crippen MR) is 153 cm³/mol. The van der Waals surface area contributed by atoms with Gasteiger partial charge in [-0.05, 0) is 88.2 Å². The quantitative estimate of drug-likeness (QED) is 0.177. The number of nitrogens with zero attached hydrogens (tertiary/aromatic N) is 3. The molecule has 1 aliphatic rings. The second kappa shape index (κ2) is 12.2. The highest BCUT2D eigenvalue weighted by Gasteiger charge is 2.60. The Hall–Kier alpha value is -4.26. The number of nitrogens with one attached hydrogen (secondary N) is 3. The minimum atomic E-state index is -5.83. The van der Waals surface area contributed by atoms with Crippen LogP contribution in [0.3, 0.4) is 0 Å². The standard InChI is InChI=1S/C30H31F5N6O2/c1-18(2)41-12-9-19(10-13-41)17-43-26-15-22(7-8-24(26)29(31,32)30(33,34)35)39-28(42)23-4-3-11-36-27(23)38-21-6-5-20-16-37-40-25(20)14-21/h3-8,11,14-16,18-19H,9-10,12-13,17H2,1-2H3,(H,36,38)(H,37,40)(H,39,42). The van der Waals surface area contributed by atoms with E-state index in [0.717, 1.165) is 49.0 Å². The molecule has 1 saturated heterocycles. The van der Waals surface area contributed by atoms with E-state index in [-0.39, 0.29) is 29.6 Å². The Bertz CT molecular complexity index is 1580. The highest BCUT2D eigenvalue weighted by Crippen LogP contribution is 2.48. The molecule has 0 aliphatic carbocycles. The maximum atomic E-state index is 14.5. The Morgan fingerprint density at radius 3 is 2.53 bits per heavy atom. The summed E-state index contributed by atoms with van der Waals surface area (Å²) in [5, 5.41) is 13.4. The molecular formula is C30H31F5N6O2. The maximum Gasteiger partial charge on any atom is 0.458 e. The first-order valence-electron chi connectivity index (χ1n) is 13.8. The smallest absolute Gasteiger partial charge is 0.458 e. The van der Waals surface area contributed by atoms with Gasteiger partial charge in [-0.3, -0.25) is 9.89 Å². The van der Waals surface area contributed by atoms with E-state index < -0.39 is 29.3 Å². The molecule has 2 aromatic heterocycles. The zero-order chi connectivity index (χ0) is 30.8. The fourth-order valence-corrected chi connectivity index (χ4v) is 5.01. The van der Waals surface area contributed by atoms with Crippen molar-refractivity contribution in [2.75, 3.05) is 30.3 Å². The minimum absolute atomic E-state index is 0.00869. The molecule has 2 aromatic carbocycles. The minimum Gasteiger partial charge on any atom is -0.493 e. The predicted octanol–water partition coefficient (Wildman–Crippen LogP) is 7.11. The molecule has 0 radical (unpaired) electrons. The lowest BCUT2D eigenvalue weighted by Gasteiger charge is -2.34. The summed E-state index contributed by atoms with van der Waals surface area (Å²) >= 11 is 0. The van der Waals surface area contributed by atoms with E-state index in [2.05, 4.69) is 44.6 Å². The first kappa shape index (κ1) is 30.2. The Labute approximate surface area is 244 Å². The van der Waals surface area contributed by atoms with E-state index in [1.807, 2.05) is 6.07 Å². The zero-order valence-corrected chi connectivity index (χ0v) is 23.5. The number of hydrogen-bond donors (Lipinski definition) is 3. The molecule has 5 rings (SSSR count). The first-order chi connectivity index (χ1) is 20.4. The largest absolute Gasteiger partial charge is 0.493 e. The second-order valence-electron chi connectivity index (χ2n) is 10.8. The van der Waals surface area contributed by atoms with E-state index >= 15 is 0 Å². The molecule has 1 amide bonds. The lowest BCUT2D eigenvalue weighted by Crippen LogP contribution is -2.39. The van der Waals surface area contributed by atoms with Crippen LogP contribution in [0, 0.1) is 5.92 Å². The normalized spacial score (nSPS) is 15.2. The van der Waals surface area contributed by atoms with Crippen molar-refractivity contribution in [3.8, 4) is 5.75 Å². The van der Waals surface area contributed by atoms with Crippen molar-refractivity contribution >= 4 is 34.0 Å². The van der Waals surface area contributed by atoms with Gasteiger partial charge in [-0.2, -0.15) is 27.1 Å². The number of benzene rings is 2. The number of rotatable bonds is 9. The topological polar surface area (TPSA) is 95.2 Å². The van der Waals surface area contributed by atoms with Gasteiger partial charge < -0.3 is 20.3 Å². The van der Waals surface area contributed by atoms with Gasteiger partial charge in [0.2, 0.25) is 0 Å². The molecule has 0 saturated carbocycles. The number of ether oxygens (including phenoxy) is 1. The van der Waals surface area contributed by atoms with Crippen molar-refractivity contribution in [1.82, 2.24) is 20.1 Å². The number of fused-ring (bicyclic) bond motifs is 1. The average molecular weight is 603 g/mol. The molecule has 8 nitrogen and oxygen atoms in total. The number of aromatic nitrogens is 3. The third-order valence-electron chi connectivity index (χ3n) is 7.54. The molecule has 43 heavy (non-hydrogen) atoms. The molecule has 1 aliphatic heterocycles. The average Bonchev–Trinajstić information content (AvgIpc) is 3.44. The number of halogens is 5. The van der Waals surface area contributed by atoms with E-state index in [1.165, 1.54) is 12.3 Å². The van der Waals surface area contributed by atoms with Crippen molar-refractivity contribution in [3.05, 3.63) is 72.1 Å². The fraction of sp³-hybridized carbons (Fsp3) is 0.367. The van der Waals surface area contributed by atoms with Crippen LogP contribution in [0.2, 0.25) is 0 Å². The molecule has 13 heteroatoms. The van der Waals surface area contributed by atoms with Gasteiger partial charge in [-0.25, -0.2) is 4.98 Å². The Balaban J connectivity index is 1.36. The van der Waals surface area contributed by atoms with Crippen LogP contribution in [0.4, 0.5) is 39.1 Å². The molecule has 0 atom stereocenters. The summed E-state index contributed by atoms with van der Waals surface area (Å²) in [6, 6.07) is 11.5. The number of amides is 1. The number of alkyl halides is 5. The van der Waals surface area contributed by atoms with E-state index in [4.69, 9.17) is 4.74 Å². The molecule has 0 bridgehead atoms. The van der Waals surface area contributed by atoms with E-state index in [9.17, 15) is 26.7 Å². The van der Waals surface area contributed by atoms with Gasteiger partial charge in [0.25, 0.3) is 5.91 Å². The van der Waals surface area contributed by atoms with Gasteiger partial charge in [0.05, 0.1) is 29.4 Å². The van der Waals surface area contributed by atoms with Gasteiger partial charge in [0.1, 0.15) is 11.6 Å². The number of H-pyrrole nitrogens is 1. The highest BCUT2D eigenvalue weighted by molar-refractivity contribution is 6.08. The third kappa shape index (κ3) is 6.71. The first-order valence-corrected chi connectivity index (χ1v) is 13.8. The highest BCUT2D eigenvalue weighted by atomic mass is 19.4. The monoisotopic (exact) mass is 602 g/mol. The number of carbonyl (C=O) groups is 1. The van der Waals surface area contributed by atoms with Crippen molar-refractivity contribution in [2.24, 2.45) is 5.92 Å². The van der Waals surface area contributed by atoms with Crippen molar-refractivity contribution < 1.29 is 31.5 Å². The second-order valence-corrected chi connectivity index (χ2v) is 10.8. The van der Waals surface area contributed by atoms with Crippen LogP contribution in [-0.2, 0) is 5.92 Å². The number of anilines is 3. The number of piperidine rings is 1. The molecule has 0 unspecified atom stereocenters. The molecule has 3 heterocycles. The van der Waals surface area contributed by atoms with Crippen LogP contribution >= 0.6 is 0 Å². The van der Waals surface area contributed by atoms with Crippen molar-refractivity contribution in [2.45, 2.75) is 44.8 Å². The van der Waals surface area contributed by atoms with Crippen LogP contribution in [0.1, 0.15) is 42.6 Å². The summed E-state index contributed by atoms with van der Waals surface area (Å²) in [4.78, 5) is 19.8. The van der Waals surface area contributed by atoms with Gasteiger partial charge >= 0.3 is 12.1 Å². The zero-order valence-electron chi connectivity index (χ0n) is 23.5. The number of likely N-dealkylation sites (tertiary alicyclic amines) is 1. The van der Waals surface area contributed by atoms with Crippen molar-refractivity contribution in [1.29, 1.82) is 0 Å². The molecule has 4 aromatic rings. The Kier molecular flexibility index (Phi) is 8.54. The van der Waals surface area contributed by atoms with Crippen LogP contribution in [0.5, 0.6) is 5.75 Å².